The van der Waals surface area contributed by atoms with Crippen LogP contribution >= 0.6 is 11.8 Å². The van der Waals surface area contributed by atoms with E-state index in [-0.39, 0.29) is 22.3 Å². The SMILES string of the molecule is COCCn1c(C)cc(C(=O)CSc2nc(C)cc(C(F)(F)F)c2C#N)c1C. The summed E-state index contributed by atoms with van der Waals surface area (Å²) in [6.07, 6.45) is -4.66. The fourth-order valence-electron chi connectivity index (χ4n) is 2.90. The van der Waals surface area contributed by atoms with Crippen molar-refractivity contribution in [3.05, 3.63) is 45.9 Å². The number of halogens is 3. The van der Waals surface area contributed by atoms with Gasteiger partial charge in [-0.15, -0.1) is 0 Å². The Labute approximate surface area is 165 Å². The Hall–Kier alpha value is -2.31. The Morgan fingerprint density at radius 1 is 1.32 bits per heavy atom. The van der Waals surface area contributed by atoms with Crippen molar-refractivity contribution in [1.82, 2.24) is 9.55 Å². The number of nitrogens with zero attached hydrogens (tertiary/aromatic N) is 3. The molecule has 9 heteroatoms. The number of pyridine rings is 1. The highest BCUT2D eigenvalue weighted by molar-refractivity contribution is 8.00. The predicted molar refractivity (Wildman–Crippen MR) is 99.5 cm³/mol. The second-order valence-electron chi connectivity index (χ2n) is 6.24. The Morgan fingerprint density at radius 3 is 2.57 bits per heavy atom. The zero-order valence-electron chi connectivity index (χ0n) is 16.0. The van der Waals surface area contributed by atoms with Gasteiger partial charge in [0.15, 0.2) is 5.78 Å². The molecule has 2 rings (SSSR count). The van der Waals surface area contributed by atoms with Crippen molar-refractivity contribution in [2.45, 2.75) is 38.5 Å². The van der Waals surface area contributed by atoms with Crippen LogP contribution in [0.2, 0.25) is 0 Å². The summed E-state index contributed by atoms with van der Waals surface area (Å²) in [5.74, 6) is -0.348. The minimum Gasteiger partial charge on any atom is -0.383 e. The number of aromatic nitrogens is 2. The summed E-state index contributed by atoms with van der Waals surface area (Å²) in [6.45, 7) is 6.21. The lowest BCUT2D eigenvalue weighted by Crippen LogP contribution is -2.12. The maximum Gasteiger partial charge on any atom is 0.417 e. The number of Topliss-reactive ketones (excluding diaryl/α,β-unsaturated/α-hetero) is 1. The number of aryl methyl sites for hydroxylation is 2. The highest BCUT2D eigenvalue weighted by Gasteiger charge is 2.35. The van der Waals surface area contributed by atoms with E-state index in [0.29, 0.717) is 18.7 Å². The van der Waals surface area contributed by atoms with Gasteiger partial charge in [-0.1, -0.05) is 11.8 Å². The Balaban J connectivity index is 2.27. The number of hydrogen-bond donors (Lipinski definition) is 0. The summed E-state index contributed by atoms with van der Waals surface area (Å²) in [5.41, 5.74) is 0.724. The summed E-state index contributed by atoms with van der Waals surface area (Å²) in [6, 6.07) is 4.17. The van der Waals surface area contributed by atoms with Crippen LogP contribution in [0.25, 0.3) is 0 Å². The third kappa shape index (κ3) is 4.75. The second-order valence-corrected chi connectivity index (χ2v) is 7.21. The Morgan fingerprint density at radius 2 is 2.00 bits per heavy atom. The van der Waals surface area contributed by atoms with E-state index in [0.717, 1.165) is 29.2 Å². The number of hydrogen-bond acceptors (Lipinski definition) is 5. The second kappa shape index (κ2) is 8.80. The van der Waals surface area contributed by atoms with Crippen LogP contribution < -0.4 is 0 Å². The molecule has 150 valence electrons. The third-order valence-electron chi connectivity index (χ3n) is 4.26. The zero-order chi connectivity index (χ0) is 21.1. The van der Waals surface area contributed by atoms with E-state index in [9.17, 15) is 23.2 Å². The van der Waals surface area contributed by atoms with Gasteiger partial charge in [0, 0.05) is 36.3 Å². The minimum absolute atomic E-state index is 0.0867. The lowest BCUT2D eigenvalue weighted by molar-refractivity contribution is -0.138. The number of carbonyl (C=O) groups excluding carboxylic acids is 1. The van der Waals surface area contributed by atoms with Crippen molar-refractivity contribution in [3.8, 4) is 6.07 Å². The summed E-state index contributed by atoms with van der Waals surface area (Å²) in [7, 11) is 1.59. The lowest BCUT2D eigenvalue weighted by atomic mass is 10.1. The molecule has 0 atom stereocenters. The van der Waals surface area contributed by atoms with Crippen LogP contribution in [0, 0.1) is 32.1 Å². The molecule has 0 saturated carbocycles. The van der Waals surface area contributed by atoms with Crippen LogP contribution in [-0.4, -0.2) is 34.8 Å². The van der Waals surface area contributed by atoms with Crippen molar-refractivity contribution >= 4 is 17.5 Å². The van der Waals surface area contributed by atoms with Gasteiger partial charge in [0.05, 0.1) is 23.5 Å². The lowest BCUT2D eigenvalue weighted by Gasteiger charge is -2.12. The standard InChI is InChI=1S/C19H20F3N3O2S/c1-11-7-16(19(20,21)22)15(9-23)18(24-11)28-10-17(26)14-8-12(2)25(13(14)3)5-6-27-4/h7-8H,5-6,10H2,1-4H3. The number of nitriles is 1. The molecule has 2 aromatic heterocycles. The maximum atomic E-state index is 13.2. The van der Waals surface area contributed by atoms with Crippen molar-refractivity contribution in [2.24, 2.45) is 0 Å². The molecule has 0 fully saturated rings. The first-order valence-corrected chi connectivity index (χ1v) is 9.39. The topological polar surface area (TPSA) is 67.9 Å². The van der Waals surface area contributed by atoms with Crippen molar-refractivity contribution in [1.29, 1.82) is 5.26 Å². The van der Waals surface area contributed by atoms with E-state index in [1.54, 1.807) is 19.2 Å². The third-order valence-corrected chi connectivity index (χ3v) is 5.24. The van der Waals surface area contributed by atoms with Crippen LogP contribution in [0.15, 0.2) is 17.2 Å². The van der Waals surface area contributed by atoms with Gasteiger partial charge in [0.1, 0.15) is 11.1 Å². The fourth-order valence-corrected chi connectivity index (χ4v) is 3.83. The van der Waals surface area contributed by atoms with E-state index in [1.807, 2.05) is 18.4 Å². The molecule has 0 saturated heterocycles. The quantitative estimate of drug-likeness (QED) is 0.501. The van der Waals surface area contributed by atoms with Gasteiger partial charge in [-0.3, -0.25) is 4.79 Å². The van der Waals surface area contributed by atoms with Gasteiger partial charge in [-0.2, -0.15) is 18.4 Å². The minimum atomic E-state index is -4.66. The van der Waals surface area contributed by atoms with E-state index < -0.39 is 17.3 Å². The summed E-state index contributed by atoms with van der Waals surface area (Å²) in [5, 5.41) is 9.11. The first kappa shape index (κ1) is 22.0. The number of carbonyl (C=O) groups is 1. The molecule has 0 amide bonds. The molecule has 0 bridgehead atoms. The van der Waals surface area contributed by atoms with Crippen molar-refractivity contribution in [2.75, 3.05) is 19.5 Å². The van der Waals surface area contributed by atoms with Gasteiger partial charge in [-0.05, 0) is 32.9 Å². The Bertz CT molecular complexity index is 930. The molecule has 0 spiro atoms. The summed E-state index contributed by atoms with van der Waals surface area (Å²) < 4.78 is 46.6. The van der Waals surface area contributed by atoms with Crippen LogP contribution in [0.1, 0.15) is 38.6 Å². The number of rotatable bonds is 7. The molecule has 2 heterocycles. The molecular formula is C19H20F3N3O2S. The van der Waals surface area contributed by atoms with E-state index in [4.69, 9.17) is 4.74 Å². The zero-order valence-corrected chi connectivity index (χ0v) is 16.8. The van der Waals surface area contributed by atoms with Crippen LogP contribution in [-0.2, 0) is 17.5 Å². The van der Waals surface area contributed by atoms with Crippen LogP contribution in [0.3, 0.4) is 0 Å². The highest BCUT2D eigenvalue weighted by Crippen LogP contribution is 2.36. The van der Waals surface area contributed by atoms with E-state index in [2.05, 4.69) is 4.98 Å². The number of thioether (sulfide) groups is 1. The van der Waals surface area contributed by atoms with Gasteiger partial charge < -0.3 is 9.30 Å². The molecule has 0 aliphatic heterocycles. The number of ketones is 1. The smallest absolute Gasteiger partial charge is 0.383 e. The normalized spacial score (nSPS) is 11.5. The number of alkyl halides is 3. The van der Waals surface area contributed by atoms with E-state index >= 15 is 0 Å². The fraction of sp³-hybridized carbons (Fsp3) is 0.421. The molecule has 0 aliphatic carbocycles. The Kier molecular flexibility index (Phi) is 6.91. The first-order valence-electron chi connectivity index (χ1n) is 8.40. The highest BCUT2D eigenvalue weighted by atomic mass is 32.2. The van der Waals surface area contributed by atoms with Crippen LogP contribution in [0.4, 0.5) is 13.2 Å². The predicted octanol–water partition coefficient (Wildman–Crippen LogP) is 4.32. The summed E-state index contributed by atoms with van der Waals surface area (Å²) in [4.78, 5) is 16.7. The molecule has 2 aromatic rings. The molecule has 0 N–H and O–H groups in total. The van der Waals surface area contributed by atoms with Crippen molar-refractivity contribution < 1.29 is 22.7 Å². The van der Waals surface area contributed by atoms with E-state index in [1.165, 1.54) is 6.92 Å². The maximum absolute atomic E-state index is 13.2. The summed E-state index contributed by atoms with van der Waals surface area (Å²) >= 11 is 0.844. The van der Waals surface area contributed by atoms with Gasteiger partial charge >= 0.3 is 6.18 Å². The van der Waals surface area contributed by atoms with Crippen molar-refractivity contribution in [3.63, 3.8) is 0 Å². The molecule has 0 radical (unpaired) electrons. The average Bonchev–Trinajstić information content (AvgIpc) is 2.90. The van der Waals surface area contributed by atoms with Crippen LogP contribution in [0.5, 0.6) is 0 Å². The molecule has 0 unspecified atom stereocenters. The van der Waals surface area contributed by atoms with Gasteiger partial charge in [0.2, 0.25) is 0 Å². The molecule has 5 nitrogen and oxygen atoms in total. The molecule has 28 heavy (non-hydrogen) atoms. The number of methoxy groups -OCH3 is 1. The number of ether oxygens (including phenoxy) is 1. The van der Waals surface area contributed by atoms with Gasteiger partial charge in [-0.25, -0.2) is 4.98 Å². The molecule has 0 aromatic carbocycles. The monoisotopic (exact) mass is 411 g/mol. The largest absolute Gasteiger partial charge is 0.417 e. The first-order chi connectivity index (χ1) is 13.1. The molecule has 0 aliphatic rings. The average molecular weight is 411 g/mol. The van der Waals surface area contributed by atoms with Gasteiger partial charge in [0.25, 0.3) is 0 Å². The molecular weight excluding hydrogens is 391 g/mol.